The van der Waals surface area contributed by atoms with Crippen LogP contribution in [-0.2, 0) is 30.4 Å². The summed E-state index contributed by atoms with van der Waals surface area (Å²) in [5.74, 6) is -2.66. The number of likely N-dealkylation sites (tertiary alicyclic amines) is 1. The number of amides is 5. The summed E-state index contributed by atoms with van der Waals surface area (Å²) in [5, 5.41) is 7.46. The maximum absolute atomic E-state index is 13.0. The lowest BCUT2D eigenvalue weighted by Gasteiger charge is -2.28. The largest absolute Gasteiger partial charge is 0.368 e. The van der Waals surface area contributed by atoms with E-state index in [1.807, 2.05) is 0 Å². The van der Waals surface area contributed by atoms with Crippen molar-refractivity contribution in [3.63, 3.8) is 0 Å². The number of hydrogen-bond donors (Lipinski definition) is 5. The third-order valence-corrected chi connectivity index (χ3v) is 4.92. The van der Waals surface area contributed by atoms with Gasteiger partial charge in [0, 0.05) is 24.9 Å². The van der Waals surface area contributed by atoms with Crippen molar-refractivity contribution >= 4 is 29.5 Å². The Morgan fingerprint density at radius 3 is 2.69 bits per heavy atom. The molecular weight excluding hydrogens is 382 g/mol. The third kappa shape index (κ3) is 4.89. The molecule has 1 unspecified atom stereocenters. The number of carbonyl (C=O) groups excluding carboxylic acids is 5. The van der Waals surface area contributed by atoms with Crippen molar-refractivity contribution in [1.82, 2.24) is 30.8 Å². The summed E-state index contributed by atoms with van der Waals surface area (Å²) < 4.78 is 0. The zero-order chi connectivity index (χ0) is 21.0. The van der Waals surface area contributed by atoms with E-state index in [1.54, 1.807) is 0 Å². The smallest absolute Gasteiger partial charge is 0.266 e. The second-order valence-corrected chi connectivity index (χ2v) is 7.01. The maximum Gasteiger partial charge on any atom is 0.266 e. The van der Waals surface area contributed by atoms with Gasteiger partial charge in [-0.25, -0.2) is 4.98 Å². The number of carbonyl (C=O) groups is 5. The highest BCUT2D eigenvalue weighted by atomic mass is 16.2. The Labute approximate surface area is 166 Å². The molecule has 0 aliphatic carbocycles. The van der Waals surface area contributed by atoms with E-state index in [-0.39, 0.29) is 25.3 Å². The summed E-state index contributed by atoms with van der Waals surface area (Å²) in [6.45, 7) is 0.287. The number of H-pyrrole nitrogens is 1. The number of rotatable bonds is 7. The summed E-state index contributed by atoms with van der Waals surface area (Å²) in [4.78, 5) is 68.7. The first-order valence-corrected chi connectivity index (χ1v) is 9.31. The van der Waals surface area contributed by atoms with Gasteiger partial charge in [0.05, 0.1) is 12.7 Å². The predicted octanol–water partition coefficient (Wildman–Crippen LogP) is -2.73. The van der Waals surface area contributed by atoms with Gasteiger partial charge in [-0.05, 0) is 19.3 Å². The molecule has 12 nitrogen and oxygen atoms in total. The van der Waals surface area contributed by atoms with E-state index in [9.17, 15) is 24.0 Å². The Balaban J connectivity index is 1.72. The standard InChI is InChI=1S/C17H23N7O5/c18-14(27)11-2-1-5-24(11)17(29)15(22-13(26)6-9-7-19-8-20-9)23-16(28)10-3-4-12(25)21-10/h7-8,10-11,15H,1-6H2,(H2,18,27)(H,19,20)(H,21,25)(H,22,26)(H,23,28)/t10-,11-,15?/m0/s1. The van der Waals surface area contributed by atoms with Gasteiger partial charge in [0.15, 0.2) is 6.17 Å². The Hall–Kier alpha value is -3.44. The number of imidazole rings is 1. The highest BCUT2D eigenvalue weighted by molar-refractivity contribution is 5.97. The lowest BCUT2D eigenvalue weighted by molar-refractivity contribution is -0.143. The van der Waals surface area contributed by atoms with Crippen molar-refractivity contribution in [2.24, 2.45) is 5.73 Å². The maximum atomic E-state index is 13.0. The van der Waals surface area contributed by atoms with E-state index in [0.29, 0.717) is 25.0 Å². The minimum atomic E-state index is -1.39. The minimum absolute atomic E-state index is 0.0843. The molecule has 29 heavy (non-hydrogen) atoms. The van der Waals surface area contributed by atoms with E-state index >= 15 is 0 Å². The fourth-order valence-electron chi connectivity index (χ4n) is 3.47. The Kier molecular flexibility index (Phi) is 6.10. The molecule has 0 aromatic carbocycles. The fourth-order valence-corrected chi connectivity index (χ4v) is 3.47. The average Bonchev–Trinajstić information content (AvgIpc) is 3.41. The molecular formula is C17H23N7O5. The molecule has 3 heterocycles. The van der Waals surface area contributed by atoms with Crippen LogP contribution in [0.4, 0.5) is 0 Å². The molecule has 2 saturated heterocycles. The van der Waals surface area contributed by atoms with Crippen LogP contribution in [0.3, 0.4) is 0 Å². The second kappa shape index (κ2) is 8.71. The van der Waals surface area contributed by atoms with Crippen LogP contribution in [0.15, 0.2) is 12.5 Å². The summed E-state index contributed by atoms with van der Waals surface area (Å²) in [6, 6.07) is -1.58. The first kappa shape index (κ1) is 20.3. The molecule has 2 fully saturated rings. The Morgan fingerprint density at radius 2 is 2.07 bits per heavy atom. The van der Waals surface area contributed by atoms with Gasteiger partial charge >= 0.3 is 0 Å². The predicted molar refractivity (Wildman–Crippen MR) is 97.5 cm³/mol. The van der Waals surface area contributed by atoms with Crippen LogP contribution in [0, 0.1) is 0 Å². The third-order valence-electron chi connectivity index (χ3n) is 4.92. The van der Waals surface area contributed by atoms with Crippen LogP contribution in [-0.4, -0.2) is 69.2 Å². The monoisotopic (exact) mass is 405 g/mol. The molecule has 2 aliphatic rings. The first-order valence-electron chi connectivity index (χ1n) is 9.31. The topological polar surface area (TPSA) is 179 Å². The SMILES string of the molecule is NC(=O)[C@@H]1CCCN1C(=O)C(NC(=O)Cc1cnc[nH]1)NC(=O)[C@@H]1CCC(=O)N1. The molecule has 3 rings (SSSR count). The molecule has 12 heteroatoms. The highest BCUT2D eigenvalue weighted by Crippen LogP contribution is 2.18. The van der Waals surface area contributed by atoms with Crippen LogP contribution in [0.1, 0.15) is 31.4 Å². The van der Waals surface area contributed by atoms with Crippen LogP contribution in [0.25, 0.3) is 0 Å². The first-order chi connectivity index (χ1) is 13.8. The zero-order valence-corrected chi connectivity index (χ0v) is 15.6. The molecule has 1 aromatic rings. The lowest BCUT2D eigenvalue weighted by atomic mass is 10.2. The Bertz CT molecular complexity index is 809. The Morgan fingerprint density at radius 1 is 1.28 bits per heavy atom. The molecule has 0 bridgehead atoms. The minimum Gasteiger partial charge on any atom is -0.368 e. The highest BCUT2D eigenvalue weighted by Gasteiger charge is 2.38. The summed E-state index contributed by atoms with van der Waals surface area (Å²) in [6.07, 6.45) is 2.90. The van der Waals surface area contributed by atoms with Crippen molar-refractivity contribution < 1.29 is 24.0 Å². The molecule has 156 valence electrons. The normalized spacial score (nSPS) is 22.1. The number of aromatic nitrogens is 2. The van der Waals surface area contributed by atoms with E-state index in [0.717, 1.165) is 0 Å². The zero-order valence-electron chi connectivity index (χ0n) is 15.6. The van der Waals surface area contributed by atoms with Crippen molar-refractivity contribution in [1.29, 1.82) is 0 Å². The van der Waals surface area contributed by atoms with Crippen molar-refractivity contribution in [2.75, 3.05) is 6.54 Å². The molecule has 2 aliphatic heterocycles. The number of nitrogens with zero attached hydrogens (tertiary/aromatic N) is 2. The molecule has 0 spiro atoms. The summed E-state index contributed by atoms with van der Waals surface area (Å²) >= 11 is 0. The van der Waals surface area contributed by atoms with Gasteiger partial charge in [0.2, 0.25) is 23.6 Å². The van der Waals surface area contributed by atoms with Crippen LogP contribution < -0.4 is 21.7 Å². The van der Waals surface area contributed by atoms with Gasteiger partial charge in [-0.2, -0.15) is 0 Å². The molecule has 6 N–H and O–H groups in total. The van der Waals surface area contributed by atoms with E-state index in [4.69, 9.17) is 5.73 Å². The molecule has 0 saturated carbocycles. The second-order valence-electron chi connectivity index (χ2n) is 7.01. The van der Waals surface area contributed by atoms with Gasteiger partial charge in [0.1, 0.15) is 12.1 Å². The number of nitrogens with two attached hydrogens (primary N) is 1. The number of aromatic amines is 1. The van der Waals surface area contributed by atoms with E-state index in [1.165, 1.54) is 17.4 Å². The number of primary amides is 1. The van der Waals surface area contributed by atoms with Gasteiger partial charge in [0.25, 0.3) is 5.91 Å². The summed E-state index contributed by atoms with van der Waals surface area (Å²) in [5.41, 5.74) is 5.89. The molecule has 5 amide bonds. The van der Waals surface area contributed by atoms with E-state index < -0.39 is 41.9 Å². The quantitative estimate of drug-likeness (QED) is 0.307. The molecule has 1 aromatic heterocycles. The van der Waals surface area contributed by atoms with E-state index in [2.05, 4.69) is 25.9 Å². The van der Waals surface area contributed by atoms with Crippen LogP contribution >= 0.6 is 0 Å². The van der Waals surface area contributed by atoms with Crippen LogP contribution in [0.2, 0.25) is 0 Å². The van der Waals surface area contributed by atoms with Crippen molar-refractivity contribution in [3.05, 3.63) is 18.2 Å². The van der Waals surface area contributed by atoms with Gasteiger partial charge < -0.3 is 31.6 Å². The van der Waals surface area contributed by atoms with Gasteiger partial charge in [-0.15, -0.1) is 0 Å². The lowest BCUT2D eigenvalue weighted by Crippen LogP contribution is -2.61. The fraction of sp³-hybridized carbons (Fsp3) is 0.529. The van der Waals surface area contributed by atoms with Crippen molar-refractivity contribution in [2.45, 2.75) is 50.4 Å². The van der Waals surface area contributed by atoms with Gasteiger partial charge in [-0.3, -0.25) is 24.0 Å². The van der Waals surface area contributed by atoms with Gasteiger partial charge in [-0.1, -0.05) is 0 Å². The molecule has 3 atom stereocenters. The number of nitrogens with one attached hydrogen (secondary N) is 4. The van der Waals surface area contributed by atoms with Crippen molar-refractivity contribution in [3.8, 4) is 0 Å². The number of hydrogen-bond acceptors (Lipinski definition) is 6. The average molecular weight is 405 g/mol. The molecule has 0 radical (unpaired) electrons. The van der Waals surface area contributed by atoms with Crippen LogP contribution in [0.5, 0.6) is 0 Å². The summed E-state index contributed by atoms with van der Waals surface area (Å²) in [7, 11) is 0.